The van der Waals surface area contributed by atoms with Gasteiger partial charge < -0.3 is 31.5 Å². The minimum atomic E-state index is -5.05. The lowest BCUT2D eigenvalue weighted by Crippen LogP contribution is -2.29. The second-order valence-electron chi connectivity index (χ2n) is 8.25. The Kier molecular flexibility index (Phi) is 6.57. The smallest absolute Gasteiger partial charge is 0.382 e. The molecule has 0 aliphatic heterocycles. The number of amides is 1. The number of hydrogen-bond donors (Lipinski definition) is 6. The maximum absolute atomic E-state index is 13.6. The number of benzene rings is 2. The van der Waals surface area contributed by atoms with Gasteiger partial charge in [-0.2, -0.15) is 13.2 Å². The summed E-state index contributed by atoms with van der Waals surface area (Å²) >= 11 is 0. The molecule has 10 nitrogen and oxygen atoms in total. The Labute approximate surface area is 209 Å². The average Bonchev–Trinajstić information content (AvgIpc) is 3.19. The zero-order valence-corrected chi connectivity index (χ0v) is 19.1. The van der Waals surface area contributed by atoms with E-state index in [0.717, 1.165) is 12.1 Å². The van der Waals surface area contributed by atoms with Crippen molar-refractivity contribution in [1.82, 2.24) is 14.4 Å². The molecule has 38 heavy (non-hydrogen) atoms. The van der Waals surface area contributed by atoms with Gasteiger partial charge in [-0.3, -0.25) is 9.20 Å². The first kappa shape index (κ1) is 26.9. The first-order valence-electron chi connectivity index (χ1n) is 10.6. The van der Waals surface area contributed by atoms with Gasteiger partial charge in [-0.25, -0.2) is 18.7 Å². The Bertz CT molecular complexity index is 1540. The fourth-order valence-electron chi connectivity index (χ4n) is 3.86. The van der Waals surface area contributed by atoms with Crippen molar-refractivity contribution < 1.29 is 47.2 Å². The van der Waals surface area contributed by atoms with Crippen LogP contribution in [0.5, 0.6) is 0 Å². The fourth-order valence-corrected chi connectivity index (χ4v) is 3.86. The monoisotopic (exact) mass is 539 g/mol. The predicted octanol–water partition coefficient (Wildman–Crippen LogP) is 2.34. The van der Waals surface area contributed by atoms with E-state index in [9.17, 15) is 47.2 Å². The number of aryl methyl sites for hydroxylation is 1. The summed E-state index contributed by atoms with van der Waals surface area (Å²) in [6, 6.07) is 6.01. The Morgan fingerprint density at radius 2 is 1.71 bits per heavy atom. The van der Waals surface area contributed by atoms with Crippen molar-refractivity contribution in [3.8, 4) is 11.3 Å². The lowest BCUT2D eigenvalue weighted by atomic mass is 10.0. The molecule has 0 saturated carbocycles. The highest BCUT2D eigenvalue weighted by molar-refractivity contribution is 5.95. The molecule has 4 rings (SSSR count). The molecule has 1 atom stereocenters. The summed E-state index contributed by atoms with van der Waals surface area (Å²) in [5.74, 6) is -8.50. The highest BCUT2D eigenvalue weighted by atomic mass is 19.4. The molecule has 0 aliphatic rings. The molecule has 200 valence electrons. The third-order valence-corrected chi connectivity index (χ3v) is 5.48. The minimum absolute atomic E-state index is 0.0822. The number of rotatable bonds is 5. The number of fused-ring (bicyclic) bond motifs is 1. The van der Waals surface area contributed by atoms with E-state index in [4.69, 9.17) is 5.73 Å². The van der Waals surface area contributed by atoms with Gasteiger partial charge in [-0.1, -0.05) is 6.07 Å². The lowest BCUT2D eigenvalue weighted by molar-refractivity contribution is -0.329. The van der Waals surface area contributed by atoms with Crippen molar-refractivity contribution in [2.75, 3.05) is 11.1 Å². The molecule has 0 radical (unpaired) electrons. The van der Waals surface area contributed by atoms with Crippen LogP contribution < -0.4 is 11.1 Å². The van der Waals surface area contributed by atoms with Gasteiger partial charge in [0.2, 0.25) is 5.82 Å². The number of carbonyl (C=O) groups is 1. The molecule has 2 heterocycles. The highest BCUT2D eigenvalue weighted by Gasteiger charge is 2.40. The normalized spacial score (nSPS) is 13.1. The second-order valence-corrected chi connectivity index (χ2v) is 8.25. The van der Waals surface area contributed by atoms with Crippen LogP contribution in [0.15, 0.2) is 42.6 Å². The van der Waals surface area contributed by atoms with Crippen molar-refractivity contribution in [2.45, 2.75) is 25.2 Å². The third-order valence-electron chi connectivity index (χ3n) is 5.48. The molecule has 0 saturated heterocycles. The number of nitrogens with one attached hydrogen (secondary N) is 1. The number of aromatic nitrogens is 3. The zero-order chi connectivity index (χ0) is 28.2. The summed E-state index contributed by atoms with van der Waals surface area (Å²) in [5.41, 5.74) is 3.64. The largest absolute Gasteiger partial charge is 0.433 e. The standard InChI is InChI=1S/C23H18F5N5O5/c1-9-4-13(31-20(35)18(34)10-5-11(24)7-12(25)6-10)2-3-14(9)16-17-19(29)30-8-15(22(26,27)28)33(17)21(32-16)23(36,37)38/h2-8,18,34,36-38H,1H3,(H2,29,30)(H,31,35). The number of carbonyl (C=O) groups excluding carboxylic acids is 1. The van der Waals surface area contributed by atoms with E-state index in [2.05, 4.69) is 15.3 Å². The van der Waals surface area contributed by atoms with Gasteiger partial charge in [0.25, 0.3) is 5.91 Å². The number of halogens is 5. The first-order valence-corrected chi connectivity index (χ1v) is 10.6. The van der Waals surface area contributed by atoms with Gasteiger partial charge in [0, 0.05) is 17.3 Å². The predicted molar refractivity (Wildman–Crippen MR) is 121 cm³/mol. The minimum Gasteiger partial charge on any atom is -0.382 e. The van der Waals surface area contributed by atoms with Gasteiger partial charge in [0.05, 0.1) is 6.20 Å². The molecule has 2 aromatic carbocycles. The Morgan fingerprint density at radius 3 is 2.26 bits per heavy atom. The molecule has 0 aliphatic carbocycles. The number of imidazole rings is 1. The number of anilines is 2. The topological polar surface area (TPSA) is 166 Å². The summed E-state index contributed by atoms with van der Waals surface area (Å²) in [7, 11) is 0. The Hall–Kier alpha value is -4.18. The molecule has 2 aromatic heterocycles. The maximum atomic E-state index is 13.6. The molecular weight excluding hydrogens is 521 g/mol. The summed E-state index contributed by atoms with van der Waals surface area (Å²) in [6.07, 6.45) is -6.64. The second kappa shape index (κ2) is 9.29. The molecular formula is C23H18F5N5O5. The summed E-state index contributed by atoms with van der Waals surface area (Å²) < 4.78 is 68.0. The van der Waals surface area contributed by atoms with Crippen LogP contribution in [0.4, 0.5) is 33.5 Å². The van der Waals surface area contributed by atoms with Crippen LogP contribution in [0.2, 0.25) is 0 Å². The molecule has 4 aromatic rings. The van der Waals surface area contributed by atoms with Crippen LogP contribution in [0.3, 0.4) is 0 Å². The van der Waals surface area contributed by atoms with Gasteiger partial charge in [-0.05, 0) is 42.3 Å². The first-order chi connectivity index (χ1) is 17.6. The van der Waals surface area contributed by atoms with Crippen LogP contribution in [0, 0.1) is 18.6 Å². The number of alkyl halides is 3. The zero-order valence-electron chi connectivity index (χ0n) is 19.1. The van der Waals surface area contributed by atoms with Gasteiger partial charge in [0.15, 0.2) is 6.10 Å². The summed E-state index contributed by atoms with van der Waals surface area (Å²) in [6.45, 7) is 1.47. The fraction of sp³-hybridized carbons (Fsp3) is 0.174. The molecule has 15 heteroatoms. The number of aliphatic hydroxyl groups excluding tert-OH is 1. The van der Waals surface area contributed by atoms with Crippen molar-refractivity contribution in [3.63, 3.8) is 0 Å². The van der Waals surface area contributed by atoms with E-state index in [1.54, 1.807) is 0 Å². The van der Waals surface area contributed by atoms with E-state index in [1.165, 1.54) is 25.1 Å². The average molecular weight is 539 g/mol. The van der Waals surface area contributed by atoms with E-state index in [-0.39, 0.29) is 32.5 Å². The molecule has 0 fully saturated rings. The molecule has 1 unspecified atom stereocenters. The number of hydrogen-bond acceptors (Lipinski definition) is 8. The summed E-state index contributed by atoms with van der Waals surface area (Å²) in [4.78, 5) is 19.7. The van der Waals surface area contributed by atoms with E-state index in [1.807, 2.05) is 0 Å². The van der Waals surface area contributed by atoms with Crippen molar-refractivity contribution >= 4 is 22.9 Å². The Balaban J connectivity index is 1.76. The van der Waals surface area contributed by atoms with Gasteiger partial charge in [0.1, 0.15) is 34.4 Å². The lowest BCUT2D eigenvalue weighted by Gasteiger charge is -2.16. The molecule has 1 amide bonds. The number of nitrogen functional groups attached to an aromatic ring is 1. The number of nitrogens with zero attached hydrogens (tertiary/aromatic N) is 3. The molecule has 0 spiro atoms. The van der Waals surface area contributed by atoms with Crippen LogP contribution in [-0.4, -0.2) is 40.7 Å². The van der Waals surface area contributed by atoms with Gasteiger partial charge >= 0.3 is 12.1 Å². The van der Waals surface area contributed by atoms with Crippen molar-refractivity contribution in [1.29, 1.82) is 0 Å². The summed E-state index contributed by atoms with van der Waals surface area (Å²) in [5, 5.41) is 41.6. The van der Waals surface area contributed by atoms with Crippen LogP contribution >= 0.6 is 0 Å². The van der Waals surface area contributed by atoms with Crippen LogP contribution in [0.1, 0.15) is 28.7 Å². The van der Waals surface area contributed by atoms with E-state index < -0.39 is 58.6 Å². The SMILES string of the molecule is Cc1cc(NC(=O)C(O)c2cc(F)cc(F)c2)ccc1-c1nc(C(O)(O)O)n2c(C(F)(F)F)cnc(N)c12. The van der Waals surface area contributed by atoms with E-state index in [0.29, 0.717) is 12.3 Å². The van der Waals surface area contributed by atoms with Crippen molar-refractivity contribution in [2.24, 2.45) is 0 Å². The highest BCUT2D eigenvalue weighted by Crippen LogP contribution is 2.38. The maximum Gasteiger partial charge on any atom is 0.433 e. The van der Waals surface area contributed by atoms with Crippen LogP contribution in [-0.2, 0) is 16.9 Å². The molecule has 7 N–H and O–H groups in total. The van der Waals surface area contributed by atoms with E-state index >= 15 is 0 Å². The number of nitrogens with two attached hydrogens (primary N) is 1. The number of aliphatic hydroxyl groups is 4. The van der Waals surface area contributed by atoms with Crippen molar-refractivity contribution in [3.05, 3.63) is 76.9 Å². The van der Waals surface area contributed by atoms with Crippen LogP contribution in [0.25, 0.3) is 16.8 Å². The molecule has 0 bridgehead atoms. The Morgan fingerprint density at radius 1 is 1.08 bits per heavy atom. The quantitative estimate of drug-likeness (QED) is 0.166. The third kappa shape index (κ3) is 4.99. The van der Waals surface area contributed by atoms with Gasteiger partial charge in [-0.15, -0.1) is 0 Å².